The van der Waals surface area contributed by atoms with Crippen LogP contribution in [0.1, 0.15) is 5.56 Å². The second-order valence-electron chi connectivity index (χ2n) is 2.36. The fourth-order valence-electron chi connectivity index (χ4n) is 0.898. The Labute approximate surface area is 83.3 Å². The van der Waals surface area contributed by atoms with E-state index in [0.29, 0.717) is 0 Å². The highest BCUT2D eigenvalue weighted by Gasteiger charge is 2.04. The van der Waals surface area contributed by atoms with E-state index in [1.54, 1.807) is 7.11 Å². The van der Waals surface area contributed by atoms with Crippen LogP contribution in [0.2, 0.25) is 0 Å². The zero-order valence-electron chi connectivity index (χ0n) is 6.68. The van der Waals surface area contributed by atoms with E-state index in [9.17, 15) is 0 Å². The van der Waals surface area contributed by atoms with Gasteiger partial charge in [0.05, 0.1) is 7.11 Å². The van der Waals surface area contributed by atoms with Crippen LogP contribution in [-0.4, -0.2) is 14.5 Å². The van der Waals surface area contributed by atoms with Gasteiger partial charge in [0.2, 0.25) is 0 Å². The molecule has 0 heterocycles. The number of hydrogen-bond acceptors (Lipinski definition) is 1. The Hall–Kier alpha value is -0.183. The molecule has 0 aromatic heterocycles. The smallest absolute Gasteiger partial charge is 0.278 e. The quantitative estimate of drug-likeness (QED) is 0.562. The molecule has 0 amide bonds. The van der Waals surface area contributed by atoms with Crippen molar-refractivity contribution in [3.8, 4) is 5.75 Å². The van der Waals surface area contributed by atoms with Gasteiger partial charge >= 0.3 is 0 Å². The van der Waals surface area contributed by atoms with Crippen molar-refractivity contribution in [2.24, 2.45) is 0 Å². The Morgan fingerprint density at radius 2 is 1.83 bits per heavy atom. The van der Waals surface area contributed by atoms with Gasteiger partial charge in [-0.05, 0) is 23.7 Å². The fourth-order valence-corrected chi connectivity index (χ4v) is 2.37. The molecule has 1 radical (unpaired) electrons. The lowest BCUT2D eigenvalue weighted by atomic mass is 10.2. The second-order valence-corrected chi connectivity index (χ2v) is 6.71. The van der Waals surface area contributed by atoms with Crippen molar-refractivity contribution in [2.75, 3.05) is 7.11 Å². The number of benzene rings is 1. The summed E-state index contributed by atoms with van der Waals surface area (Å²) in [4.78, 5) is 0. The number of rotatable bonds is 3. The monoisotopic (exact) mass is 219 g/mol. The van der Waals surface area contributed by atoms with Gasteiger partial charge in [0, 0.05) is 0 Å². The van der Waals surface area contributed by atoms with E-state index in [1.807, 2.05) is 24.3 Å². The highest BCUT2D eigenvalue weighted by molar-refractivity contribution is 7.33. The van der Waals surface area contributed by atoms with Gasteiger partial charge < -0.3 is 4.74 Å². The first-order chi connectivity index (χ1) is 5.72. The van der Waals surface area contributed by atoms with Gasteiger partial charge in [0.1, 0.15) is 5.75 Å². The van der Waals surface area contributed by atoms with Crippen LogP contribution in [0.25, 0.3) is 0 Å². The molecule has 0 saturated heterocycles. The van der Waals surface area contributed by atoms with Gasteiger partial charge in [-0.15, -0.1) is 22.2 Å². The Morgan fingerprint density at radius 1 is 1.25 bits per heavy atom. The SMILES string of the molecule is COc1ccc(C[Si](Cl)Cl)cc1. The molecular weight excluding hydrogens is 211 g/mol. The zero-order valence-corrected chi connectivity index (χ0v) is 9.19. The first kappa shape index (κ1) is 9.90. The van der Waals surface area contributed by atoms with E-state index >= 15 is 0 Å². The van der Waals surface area contributed by atoms with Crippen molar-refractivity contribution >= 4 is 29.6 Å². The minimum atomic E-state index is -1.20. The third-order valence-corrected chi connectivity index (χ3v) is 2.97. The van der Waals surface area contributed by atoms with E-state index in [-0.39, 0.29) is 0 Å². The molecule has 0 aliphatic heterocycles. The van der Waals surface area contributed by atoms with Crippen molar-refractivity contribution < 1.29 is 4.74 Å². The molecule has 0 fully saturated rings. The number of hydrogen-bond donors (Lipinski definition) is 0. The second kappa shape index (κ2) is 4.75. The summed E-state index contributed by atoms with van der Waals surface area (Å²) >= 11 is 11.4. The van der Waals surface area contributed by atoms with Crippen LogP contribution in [0.15, 0.2) is 24.3 Å². The van der Waals surface area contributed by atoms with Crippen molar-refractivity contribution in [1.29, 1.82) is 0 Å². The van der Waals surface area contributed by atoms with Gasteiger partial charge in [0.15, 0.2) is 0 Å². The van der Waals surface area contributed by atoms with E-state index in [1.165, 1.54) is 0 Å². The summed E-state index contributed by atoms with van der Waals surface area (Å²) in [6.07, 6.45) is 0. The van der Waals surface area contributed by atoms with Gasteiger partial charge in [0.25, 0.3) is 7.42 Å². The van der Waals surface area contributed by atoms with Crippen LogP contribution in [0.3, 0.4) is 0 Å². The molecule has 0 aliphatic rings. The van der Waals surface area contributed by atoms with Crippen molar-refractivity contribution in [2.45, 2.75) is 6.04 Å². The van der Waals surface area contributed by atoms with Crippen LogP contribution in [0.4, 0.5) is 0 Å². The molecular formula is C8H9Cl2OSi. The van der Waals surface area contributed by atoms with E-state index in [4.69, 9.17) is 26.9 Å². The van der Waals surface area contributed by atoms with Gasteiger partial charge in [-0.2, -0.15) is 0 Å². The molecule has 0 unspecified atom stereocenters. The minimum absolute atomic E-state index is 0.776. The van der Waals surface area contributed by atoms with Crippen molar-refractivity contribution in [3.05, 3.63) is 29.8 Å². The molecule has 1 rings (SSSR count). The molecule has 65 valence electrons. The average molecular weight is 220 g/mol. The molecule has 1 aromatic rings. The summed E-state index contributed by atoms with van der Waals surface area (Å²) in [6, 6.07) is 8.56. The predicted octanol–water partition coefficient (Wildman–Crippen LogP) is 2.74. The lowest BCUT2D eigenvalue weighted by molar-refractivity contribution is 0.414. The van der Waals surface area contributed by atoms with Crippen LogP contribution >= 0.6 is 22.2 Å². The first-order valence-corrected chi connectivity index (χ1v) is 7.25. The molecule has 1 aromatic carbocycles. The Balaban J connectivity index is 2.65. The molecule has 1 nitrogen and oxygen atoms in total. The van der Waals surface area contributed by atoms with Crippen LogP contribution in [-0.2, 0) is 6.04 Å². The van der Waals surface area contributed by atoms with Crippen molar-refractivity contribution in [3.63, 3.8) is 0 Å². The maximum atomic E-state index is 5.72. The summed E-state index contributed by atoms with van der Waals surface area (Å²) in [5.74, 6) is 0.858. The third-order valence-electron chi connectivity index (χ3n) is 1.50. The van der Waals surface area contributed by atoms with Gasteiger partial charge in [-0.1, -0.05) is 12.1 Å². The Kier molecular flexibility index (Phi) is 3.92. The molecule has 0 bridgehead atoms. The average Bonchev–Trinajstić information content (AvgIpc) is 2.05. The standard InChI is InChI=1S/C8H9Cl2OSi/c1-11-8-4-2-7(3-5-8)6-12(9)10/h2-5H,6H2,1H3. The van der Waals surface area contributed by atoms with E-state index < -0.39 is 7.42 Å². The third kappa shape index (κ3) is 3.05. The Morgan fingerprint density at radius 3 is 2.25 bits per heavy atom. The molecule has 0 spiro atoms. The molecule has 12 heavy (non-hydrogen) atoms. The molecule has 0 aliphatic carbocycles. The number of ether oxygens (including phenoxy) is 1. The van der Waals surface area contributed by atoms with Crippen LogP contribution in [0.5, 0.6) is 5.75 Å². The zero-order chi connectivity index (χ0) is 8.97. The number of halogens is 2. The molecule has 4 heteroatoms. The van der Waals surface area contributed by atoms with Gasteiger partial charge in [-0.3, -0.25) is 0 Å². The van der Waals surface area contributed by atoms with Crippen LogP contribution in [0, 0.1) is 0 Å². The maximum Gasteiger partial charge on any atom is 0.278 e. The highest BCUT2D eigenvalue weighted by Crippen LogP contribution is 2.13. The fraction of sp³-hybridized carbons (Fsp3) is 0.250. The molecule has 0 N–H and O–H groups in total. The Bertz CT molecular complexity index is 235. The summed E-state index contributed by atoms with van der Waals surface area (Å²) in [6.45, 7) is 0. The summed E-state index contributed by atoms with van der Waals surface area (Å²) in [5, 5.41) is 0. The van der Waals surface area contributed by atoms with E-state index in [2.05, 4.69) is 0 Å². The molecule has 0 saturated carbocycles. The predicted molar refractivity (Wildman–Crippen MR) is 54.2 cm³/mol. The van der Waals surface area contributed by atoms with Gasteiger partial charge in [-0.25, -0.2) is 0 Å². The number of methoxy groups -OCH3 is 1. The lowest BCUT2D eigenvalue weighted by Crippen LogP contribution is -1.99. The maximum absolute atomic E-state index is 5.72. The minimum Gasteiger partial charge on any atom is -0.497 e. The lowest BCUT2D eigenvalue weighted by Gasteiger charge is -2.01. The topological polar surface area (TPSA) is 9.23 Å². The largest absolute Gasteiger partial charge is 0.497 e. The normalized spacial score (nSPS) is 10.3. The molecule has 0 atom stereocenters. The first-order valence-electron chi connectivity index (χ1n) is 3.52. The summed E-state index contributed by atoms with van der Waals surface area (Å²) in [7, 11) is 0.444. The van der Waals surface area contributed by atoms with E-state index in [0.717, 1.165) is 17.4 Å². The summed E-state index contributed by atoms with van der Waals surface area (Å²) in [5.41, 5.74) is 1.16. The summed E-state index contributed by atoms with van der Waals surface area (Å²) < 4.78 is 5.02. The highest BCUT2D eigenvalue weighted by atomic mass is 35.7. The van der Waals surface area contributed by atoms with Crippen molar-refractivity contribution in [1.82, 2.24) is 0 Å². The van der Waals surface area contributed by atoms with Crippen LogP contribution < -0.4 is 4.74 Å².